The molecule has 0 unspecified atom stereocenters. The average molecular weight is 295 g/mol. The number of aliphatic hydroxyl groups is 1. The predicted octanol–water partition coefficient (Wildman–Crippen LogP) is 1.83. The molecule has 0 radical (unpaired) electrons. The Hall–Kier alpha value is -1.66. The van der Waals surface area contributed by atoms with Gasteiger partial charge in [-0.1, -0.05) is 0 Å². The number of hydrogen-bond acceptors (Lipinski definition) is 4. The fraction of sp³-hybridized carbons (Fsp3) is 0.429. The lowest BCUT2D eigenvalue weighted by Crippen LogP contribution is -2.45. The van der Waals surface area contributed by atoms with Gasteiger partial charge in [0.05, 0.1) is 11.5 Å². The van der Waals surface area contributed by atoms with E-state index in [0.29, 0.717) is 11.4 Å². The van der Waals surface area contributed by atoms with Crippen molar-refractivity contribution in [2.24, 2.45) is 0 Å². The third-order valence-corrected chi connectivity index (χ3v) is 4.38. The number of carboxylic acids is 1. The second kappa shape index (κ2) is 6.67. The van der Waals surface area contributed by atoms with Gasteiger partial charge in [0.2, 0.25) is 0 Å². The maximum atomic E-state index is 12.4. The van der Waals surface area contributed by atoms with Crippen molar-refractivity contribution in [2.75, 3.05) is 13.2 Å². The fourth-order valence-electron chi connectivity index (χ4n) is 2.11. The highest BCUT2D eigenvalue weighted by atomic mass is 32.1. The number of aliphatic hydroxyl groups excluding tert-OH is 1. The zero-order valence-electron chi connectivity index (χ0n) is 11.0. The minimum absolute atomic E-state index is 0.0423. The lowest BCUT2D eigenvalue weighted by molar-refractivity contribution is -0.131. The normalized spacial score (nSPS) is 15.2. The van der Waals surface area contributed by atoms with Gasteiger partial charge in [-0.05, 0) is 37.5 Å². The Morgan fingerprint density at radius 1 is 1.40 bits per heavy atom. The van der Waals surface area contributed by atoms with Crippen molar-refractivity contribution in [3.8, 4) is 0 Å². The first kappa shape index (κ1) is 14.7. The van der Waals surface area contributed by atoms with Crippen LogP contribution in [0.15, 0.2) is 18.2 Å². The molecule has 20 heavy (non-hydrogen) atoms. The predicted molar refractivity (Wildman–Crippen MR) is 76.8 cm³/mol. The molecular formula is C14H17NO4S. The molecule has 1 saturated carbocycles. The summed E-state index contributed by atoms with van der Waals surface area (Å²) in [6, 6.07) is 3.67. The minimum atomic E-state index is -1.01. The van der Waals surface area contributed by atoms with E-state index in [9.17, 15) is 9.59 Å². The van der Waals surface area contributed by atoms with E-state index in [1.54, 1.807) is 17.0 Å². The van der Waals surface area contributed by atoms with Crippen LogP contribution in [0.5, 0.6) is 0 Å². The molecule has 5 nitrogen and oxygen atoms in total. The van der Waals surface area contributed by atoms with Crippen LogP contribution in [0.25, 0.3) is 6.08 Å². The van der Waals surface area contributed by atoms with E-state index in [1.165, 1.54) is 17.4 Å². The number of aliphatic carboxylic acids is 1. The molecule has 1 aliphatic carbocycles. The van der Waals surface area contributed by atoms with Crippen LogP contribution in [0.2, 0.25) is 0 Å². The third kappa shape index (κ3) is 3.46. The van der Waals surface area contributed by atoms with E-state index in [2.05, 4.69) is 0 Å². The summed E-state index contributed by atoms with van der Waals surface area (Å²) in [5.74, 6) is -1.09. The molecule has 1 aromatic heterocycles. The van der Waals surface area contributed by atoms with Crippen molar-refractivity contribution in [3.63, 3.8) is 0 Å². The van der Waals surface area contributed by atoms with Crippen molar-refractivity contribution in [1.29, 1.82) is 0 Å². The number of rotatable bonds is 6. The van der Waals surface area contributed by atoms with E-state index < -0.39 is 5.97 Å². The van der Waals surface area contributed by atoms with Gasteiger partial charge in [-0.2, -0.15) is 0 Å². The molecule has 1 aromatic rings. The van der Waals surface area contributed by atoms with Crippen LogP contribution < -0.4 is 0 Å². The molecule has 1 aliphatic rings. The van der Waals surface area contributed by atoms with Crippen molar-refractivity contribution in [1.82, 2.24) is 4.90 Å². The molecule has 0 aromatic carbocycles. The monoisotopic (exact) mass is 295 g/mol. The molecule has 0 atom stereocenters. The molecule has 0 bridgehead atoms. The first-order chi connectivity index (χ1) is 9.61. The molecule has 1 heterocycles. The van der Waals surface area contributed by atoms with Gasteiger partial charge < -0.3 is 15.1 Å². The van der Waals surface area contributed by atoms with Crippen LogP contribution in [0.3, 0.4) is 0 Å². The standard InChI is InChI=1S/C14H17NO4S/c16-9-8-15(10-2-1-3-10)14(19)12-6-4-11(20-12)5-7-13(17)18/h4-7,10,16H,1-3,8-9H2,(H,17,18)/b7-5+. The molecule has 2 N–H and O–H groups in total. The number of carboxylic acid groups (broad SMARTS) is 1. The van der Waals surface area contributed by atoms with E-state index in [4.69, 9.17) is 10.2 Å². The Balaban J connectivity index is 2.08. The number of nitrogens with zero attached hydrogens (tertiary/aromatic N) is 1. The SMILES string of the molecule is O=C(O)/C=C/c1ccc(C(=O)N(CCO)C2CCC2)s1. The summed E-state index contributed by atoms with van der Waals surface area (Å²) in [7, 11) is 0. The highest BCUT2D eigenvalue weighted by Crippen LogP contribution is 2.28. The Bertz CT molecular complexity index is 519. The van der Waals surface area contributed by atoms with Crippen LogP contribution in [0.1, 0.15) is 33.8 Å². The smallest absolute Gasteiger partial charge is 0.328 e. The van der Waals surface area contributed by atoms with Crippen LogP contribution in [-0.4, -0.2) is 46.2 Å². The van der Waals surface area contributed by atoms with Crippen LogP contribution in [0.4, 0.5) is 0 Å². The van der Waals surface area contributed by atoms with Gasteiger partial charge in [-0.3, -0.25) is 4.79 Å². The van der Waals surface area contributed by atoms with Gasteiger partial charge in [-0.15, -0.1) is 11.3 Å². The second-order valence-electron chi connectivity index (χ2n) is 4.68. The van der Waals surface area contributed by atoms with Crippen molar-refractivity contribution in [2.45, 2.75) is 25.3 Å². The Kier molecular flexibility index (Phi) is 4.92. The molecule has 108 valence electrons. The van der Waals surface area contributed by atoms with Crippen LogP contribution in [-0.2, 0) is 4.79 Å². The highest BCUT2D eigenvalue weighted by molar-refractivity contribution is 7.14. The number of amides is 1. The van der Waals surface area contributed by atoms with Crippen molar-refractivity contribution in [3.05, 3.63) is 28.0 Å². The van der Waals surface area contributed by atoms with Gasteiger partial charge in [0, 0.05) is 23.5 Å². The van der Waals surface area contributed by atoms with Gasteiger partial charge >= 0.3 is 5.97 Å². The molecule has 2 rings (SSSR count). The van der Waals surface area contributed by atoms with E-state index >= 15 is 0 Å². The van der Waals surface area contributed by atoms with Gasteiger partial charge in [-0.25, -0.2) is 4.79 Å². The van der Waals surface area contributed by atoms with E-state index in [0.717, 1.165) is 30.2 Å². The Morgan fingerprint density at radius 2 is 2.15 bits per heavy atom. The van der Waals surface area contributed by atoms with E-state index in [-0.39, 0.29) is 18.6 Å². The topological polar surface area (TPSA) is 77.8 Å². The third-order valence-electron chi connectivity index (χ3n) is 3.34. The van der Waals surface area contributed by atoms with Crippen LogP contribution in [0, 0.1) is 0 Å². The summed E-state index contributed by atoms with van der Waals surface area (Å²) in [5, 5.41) is 17.7. The molecule has 0 spiro atoms. The summed E-state index contributed by atoms with van der Waals surface area (Å²) in [4.78, 5) is 25.9. The molecule has 1 amide bonds. The summed E-state index contributed by atoms with van der Waals surface area (Å²) < 4.78 is 0. The number of carbonyl (C=O) groups is 2. The zero-order chi connectivity index (χ0) is 14.5. The largest absolute Gasteiger partial charge is 0.478 e. The summed E-state index contributed by atoms with van der Waals surface area (Å²) in [6.07, 6.45) is 5.63. The first-order valence-electron chi connectivity index (χ1n) is 6.54. The summed E-state index contributed by atoms with van der Waals surface area (Å²) >= 11 is 1.27. The number of thiophene rings is 1. The number of carbonyl (C=O) groups excluding carboxylic acids is 1. The lowest BCUT2D eigenvalue weighted by Gasteiger charge is -2.37. The van der Waals surface area contributed by atoms with E-state index in [1.807, 2.05) is 0 Å². The highest BCUT2D eigenvalue weighted by Gasteiger charge is 2.29. The van der Waals surface area contributed by atoms with Gasteiger partial charge in [0.15, 0.2) is 0 Å². The quantitative estimate of drug-likeness (QED) is 0.785. The van der Waals surface area contributed by atoms with Gasteiger partial charge in [0.25, 0.3) is 5.91 Å². The summed E-state index contributed by atoms with van der Waals surface area (Å²) in [6.45, 7) is 0.307. The van der Waals surface area contributed by atoms with Crippen molar-refractivity contribution < 1.29 is 19.8 Å². The maximum absolute atomic E-state index is 12.4. The van der Waals surface area contributed by atoms with Crippen molar-refractivity contribution >= 4 is 29.3 Å². The molecular weight excluding hydrogens is 278 g/mol. The Morgan fingerprint density at radius 3 is 2.70 bits per heavy atom. The zero-order valence-corrected chi connectivity index (χ0v) is 11.8. The molecule has 1 fully saturated rings. The lowest BCUT2D eigenvalue weighted by atomic mass is 9.91. The summed E-state index contributed by atoms with van der Waals surface area (Å²) in [5.41, 5.74) is 0. The van der Waals surface area contributed by atoms with Gasteiger partial charge in [0.1, 0.15) is 0 Å². The fourth-order valence-corrected chi connectivity index (χ4v) is 2.98. The van der Waals surface area contributed by atoms with Crippen LogP contribution >= 0.6 is 11.3 Å². The minimum Gasteiger partial charge on any atom is -0.478 e. The number of hydrogen-bond donors (Lipinski definition) is 2. The Labute approximate surface area is 121 Å². The maximum Gasteiger partial charge on any atom is 0.328 e. The molecule has 6 heteroatoms. The molecule has 0 aliphatic heterocycles. The molecule has 0 saturated heterocycles. The first-order valence-corrected chi connectivity index (χ1v) is 7.36. The average Bonchev–Trinajstić information content (AvgIpc) is 2.81. The second-order valence-corrected chi connectivity index (χ2v) is 5.80.